The van der Waals surface area contributed by atoms with Crippen molar-refractivity contribution in [1.29, 1.82) is 0 Å². The normalized spacial score (nSPS) is 10.9. The highest BCUT2D eigenvalue weighted by Crippen LogP contribution is 2.23. The summed E-state index contributed by atoms with van der Waals surface area (Å²) in [6.45, 7) is 4.26. The number of anilines is 1. The maximum atomic E-state index is 6.15. The third-order valence-corrected chi connectivity index (χ3v) is 3.13. The van der Waals surface area contributed by atoms with E-state index in [1.54, 1.807) is 0 Å². The molecule has 1 heterocycles. The van der Waals surface area contributed by atoms with E-state index in [4.69, 9.17) is 5.73 Å². The van der Waals surface area contributed by atoms with Crippen molar-refractivity contribution < 1.29 is 4.57 Å². The molecule has 0 saturated heterocycles. The average Bonchev–Trinajstić information content (AvgIpc) is 2.27. The summed E-state index contributed by atoms with van der Waals surface area (Å²) in [4.78, 5) is 0. The molecule has 0 unspecified atom stereocenters. The average molecular weight is 201 g/mol. The van der Waals surface area contributed by atoms with Crippen LogP contribution in [0.25, 0.3) is 10.9 Å². The molecular weight excluding hydrogens is 184 g/mol. The Kier molecular flexibility index (Phi) is 2.35. The fraction of sp³-hybridized carbons (Fsp3) is 0.308. The SMILES string of the molecule is CCc1c(C)c(N)c2ccccc2[n+]1C. The van der Waals surface area contributed by atoms with Crippen LogP contribution in [-0.2, 0) is 13.5 Å². The zero-order valence-corrected chi connectivity index (χ0v) is 9.54. The summed E-state index contributed by atoms with van der Waals surface area (Å²) in [7, 11) is 2.10. The number of pyridine rings is 1. The first-order chi connectivity index (χ1) is 7.16. The zero-order valence-electron chi connectivity index (χ0n) is 9.54. The third kappa shape index (κ3) is 1.37. The monoisotopic (exact) mass is 201 g/mol. The Bertz CT molecular complexity index is 515. The van der Waals surface area contributed by atoms with Crippen LogP contribution in [-0.4, -0.2) is 0 Å². The maximum Gasteiger partial charge on any atom is 0.214 e. The van der Waals surface area contributed by atoms with Gasteiger partial charge in [-0.15, -0.1) is 0 Å². The highest BCUT2D eigenvalue weighted by molar-refractivity contribution is 5.89. The molecule has 0 radical (unpaired) electrons. The first kappa shape index (κ1) is 9.97. The third-order valence-electron chi connectivity index (χ3n) is 3.13. The van der Waals surface area contributed by atoms with Gasteiger partial charge in [0.2, 0.25) is 5.52 Å². The van der Waals surface area contributed by atoms with E-state index in [2.05, 4.69) is 43.7 Å². The Balaban J connectivity index is 2.96. The van der Waals surface area contributed by atoms with Gasteiger partial charge in [0.25, 0.3) is 0 Å². The first-order valence-electron chi connectivity index (χ1n) is 5.32. The van der Waals surface area contributed by atoms with Crippen molar-refractivity contribution in [2.45, 2.75) is 20.3 Å². The van der Waals surface area contributed by atoms with Gasteiger partial charge in [-0.25, -0.2) is 0 Å². The van der Waals surface area contributed by atoms with Gasteiger partial charge in [-0.1, -0.05) is 19.1 Å². The van der Waals surface area contributed by atoms with Crippen LogP contribution in [0.4, 0.5) is 5.69 Å². The van der Waals surface area contributed by atoms with E-state index in [0.29, 0.717) is 0 Å². The summed E-state index contributed by atoms with van der Waals surface area (Å²) in [5.74, 6) is 0. The molecule has 78 valence electrons. The molecular formula is C13H17N2+. The van der Waals surface area contributed by atoms with Crippen LogP contribution in [0.3, 0.4) is 0 Å². The zero-order chi connectivity index (χ0) is 11.0. The van der Waals surface area contributed by atoms with Crippen molar-refractivity contribution in [3.8, 4) is 0 Å². The topological polar surface area (TPSA) is 29.9 Å². The highest BCUT2D eigenvalue weighted by atomic mass is 14.9. The molecule has 15 heavy (non-hydrogen) atoms. The Labute approximate surface area is 90.3 Å². The van der Waals surface area contributed by atoms with Crippen LogP contribution >= 0.6 is 0 Å². The number of benzene rings is 1. The molecule has 0 bridgehead atoms. The molecule has 1 aromatic heterocycles. The van der Waals surface area contributed by atoms with E-state index in [9.17, 15) is 0 Å². The van der Waals surface area contributed by atoms with Crippen LogP contribution in [0, 0.1) is 6.92 Å². The molecule has 2 aromatic rings. The number of rotatable bonds is 1. The fourth-order valence-electron chi connectivity index (χ4n) is 2.25. The van der Waals surface area contributed by atoms with Crippen LogP contribution in [0.2, 0.25) is 0 Å². The van der Waals surface area contributed by atoms with E-state index in [0.717, 1.165) is 17.5 Å². The second-order valence-corrected chi connectivity index (χ2v) is 3.92. The predicted molar refractivity (Wildman–Crippen MR) is 63.7 cm³/mol. The molecule has 0 aliphatic rings. The molecule has 0 aliphatic heterocycles. The second-order valence-electron chi connectivity index (χ2n) is 3.92. The minimum absolute atomic E-state index is 0.917. The van der Waals surface area contributed by atoms with Crippen molar-refractivity contribution in [3.63, 3.8) is 0 Å². The summed E-state index contributed by atoms with van der Waals surface area (Å²) in [6.07, 6.45) is 1.01. The van der Waals surface area contributed by atoms with Gasteiger partial charge in [-0.2, -0.15) is 4.57 Å². The summed E-state index contributed by atoms with van der Waals surface area (Å²) in [5, 5.41) is 1.15. The molecule has 0 saturated carbocycles. The summed E-state index contributed by atoms with van der Waals surface area (Å²) in [6, 6.07) is 8.28. The van der Waals surface area contributed by atoms with Crippen molar-refractivity contribution >= 4 is 16.6 Å². The minimum Gasteiger partial charge on any atom is -0.398 e. The lowest BCUT2D eigenvalue weighted by atomic mass is 10.1. The standard InChI is InChI=1S/C13H16N2/c1-4-11-9(2)13(14)10-7-5-6-8-12(10)15(11)3/h5-8,14H,4H2,1-3H3/p+1. The largest absolute Gasteiger partial charge is 0.398 e. The Morgan fingerprint density at radius 1 is 1.27 bits per heavy atom. The number of hydrogen-bond donors (Lipinski definition) is 1. The maximum absolute atomic E-state index is 6.15. The lowest BCUT2D eigenvalue weighted by Crippen LogP contribution is -2.35. The van der Waals surface area contributed by atoms with Gasteiger partial charge in [0.15, 0.2) is 5.69 Å². The number of aromatic nitrogens is 1. The van der Waals surface area contributed by atoms with E-state index in [1.807, 2.05) is 6.07 Å². The number of fused-ring (bicyclic) bond motifs is 1. The second kappa shape index (κ2) is 3.54. The van der Waals surface area contributed by atoms with E-state index in [1.165, 1.54) is 16.8 Å². The van der Waals surface area contributed by atoms with Crippen LogP contribution in [0.15, 0.2) is 24.3 Å². The lowest BCUT2D eigenvalue weighted by molar-refractivity contribution is -0.653. The lowest BCUT2D eigenvalue weighted by Gasteiger charge is -2.08. The summed E-state index contributed by atoms with van der Waals surface area (Å²) < 4.78 is 2.24. The predicted octanol–water partition coefficient (Wildman–Crippen LogP) is 2.12. The van der Waals surface area contributed by atoms with Gasteiger partial charge in [0.1, 0.15) is 7.05 Å². The summed E-state index contributed by atoms with van der Waals surface area (Å²) in [5.41, 5.74) is 10.8. The first-order valence-corrected chi connectivity index (χ1v) is 5.32. The molecule has 0 atom stereocenters. The summed E-state index contributed by atoms with van der Waals surface area (Å²) >= 11 is 0. The Morgan fingerprint density at radius 3 is 2.60 bits per heavy atom. The van der Waals surface area contributed by atoms with Gasteiger partial charge in [-0.05, 0) is 13.0 Å². The molecule has 0 aliphatic carbocycles. The molecule has 0 fully saturated rings. The van der Waals surface area contributed by atoms with E-state index >= 15 is 0 Å². The van der Waals surface area contributed by atoms with E-state index < -0.39 is 0 Å². The smallest absolute Gasteiger partial charge is 0.214 e. The van der Waals surface area contributed by atoms with Gasteiger partial charge in [0, 0.05) is 18.1 Å². The van der Waals surface area contributed by atoms with Gasteiger partial charge in [0.05, 0.1) is 11.1 Å². The van der Waals surface area contributed by atoms with Crippen molar-refractivity contribution in [3.05, 3.63) is 35.5 Å². The molecule has 0 amide bonds. The molecule has 2 rings (SSSR count). The van der Waals surface area contributed by atoms with Gasteiger partial charge in [-0.3, -0.25) is 0 Å². The number of para-hydroxylation sites is 1. The molecule has 2 nitrogen and oxygen atoms in total. The number of nitrogens with two attached hydrogens (primary N) is 1. The van der Waals surface area contributed by atoms with Crippen LogP contribution in [0.5, 0.6) is 0 Å². The molecule has 2 N–H and O–H groups in total. The number of hydrogen-bond acceptors (Lipinski definition) is 1. The van der Waals surface area contributed by atoms with Crippen LogP contribution in [0.1, 0.15) is 18.2 Å². The number of nitrogens with zero attached hydrogens (tertiary/aromatic N) is 1. The number of aryl methyl sites for hydroxylation is 1. The molecule has 1 aromatic carbocycles. The highest BCUT2D eigenvalue weighted by Gasteiger charge is 2.17. The van der Waals surface area contributed by atoms with E-state index in [-0.39, 0.29) is 0 Å². The van der Waals surface area contributed by atoms with Crippen molar-refractivity contribution in [2.75, 3.05) is 5.73 Å². The fourth-order valence-corrected chi connectivity index (χ4v) is 2.25. The van der Waals surface area contributed by atoms with Crippen molar-refractivity contribution in [1.82, 2.24) is 0 Å². The van der Waals surface area contributed by atoms with Gasteiger partial charge < -0.3 is 5.73 Å². The van der Waals surface area contributed by atoms with Gasteiger partial charge >= 0.3 is 0 Å². The molecule has 0 spiro atoms. The molecule has 2 heteroatoms. The van der Waals surface area contributed by atoms with Crippen molar-refractivity contribution in [2.24, 2.45) is 7.05 Å². The Hall–Kier alpha value is -1.57. The minimum atomic E-state index is 0.917. The Morgan fingerprint density at radius 2 is 1.93 bits per heavy atom. The number of nitrogen functional groups attached to an aromatic ring is 1. The quantitative estimate of drug-likeness (QED) is 0.704. The van der Waals surface area contributed by atoms with Crippen LogP contribution < -0.4 is 10.3 Å².